The Morgan fingerprint density at radius 2 is 2.05 bits per heavy atom. The Hall–Kier alpha value is -2.30. The minimum atomic E-state index is -0.414. The van der Waals surface area contributed by atoms with E-state index in [2.05, 4.69) is 10.3 Å². The predicted octanol–water partition coefficient (Wildman–Crippen LogP) is 1.74. The van der Waals surface area contributed by atoms with Gasteiger partial charge in [0.15, 0.2) is 0 Å². The molecule has 1 unspecified atom stereocenters. The summed E-state index contributed by atoms with van der Waals surface area (Å²) in [7, 11) is 0. The van der Waals surface area contributed by atoms with E-state index in [1.807, 2.05) is 32.0 Å². The third-order valence-corrected chi connectivity index (χ3v) is 3.05. The van der Waals surface area contributed by atoms with Gasteiger partial charge >= 0.3 is 0 Å². The summed E-state index contributed by atoms with van der Waals surface area (Å²) in [5, 5.41) is 4.10. The Balaban J connectivity index is 2.42. The molecule has 5 heteroatoms. The molecule has 1 amide bonds. The average Bonchev–Trinajstić information content (AvgIpc) is 2.34. The number of primary amides is 1. The molecule has 0 aliphatic rings. The second-order valence-corrected chi connectivity index (χ2v) is 4.90. The average molecular weight is 258 g/mol. The second-order valence-electron chi connectivity index (χ2n) is 4.90. The lowest BCUT2D eigenvalue weighted by Gasteiger charge is -2.21. The van der Waals surface area contributed by atoms with Gasteiger partial charge in [-0.15, -0.1) is 0 Å². The molecule has 2 rings (SSSR count). The van der Waals surface area contributed by atoms with Crippen molar-refractivity contribution in [3.63, 3.8) is 0 Å². The molecule has 0 saturated heterocycles. The molecule has 0 radical (unpaired) electrons. The fourth-order valence-electron chi connectivity index (χ4n) is 2.02. The van der Waals surface area contributed by atoms with Crippen LogP contribution < -0.4 is 16.8 Å². The van der Waals surface area contributed by atoms with Crippen LogP contribution in [0.25, 0.3) is 10.9 Å². The van der Waals surface area contributed by atoms with Crippen LogP contribution in [0.1, 0.15) is 13.8 Å². The van der Waals surface area contributed by atoms with Gasteiger partial charge in [0.1, 0.15) is 6.04 Å². The number of pyridine rings is 1. The second kappa shape index (κ2) is 5.14. The fraction of sp³-hybridized carbons (Fsp3) is 0.286. The van der Waals surface area contributed by atoms with E-state index in [0.717, 1.165) is 16.6 Å². The maximum Gasteiger partial charge on any atom is 0.240 e. The lowest BCUT2D eigenvalue weighted by molar-refractivity contribution is -0.119. The Morgan fingerprint density at radius 1 is 1.32 bits per heavy atom. The molecule has 0 spiro atoms. The number of carbonyl (C=O) groups excluding carboxylic acids is 1. The zero-order chi connectivity index (χ0) is 14.0. The van der Waals surface area contributed by atoms with Crippen molar-refractivity contribution in [2.24, 2.45) is 11.7 Å². The molecule has 0 aliphatic carbocycles. The Kier molecular flexibility index (Phi) is 3.55. The maximum atomic E-state index is 11.5. The molecule has 2 aromatic rings. The minimum absolute atomic E-state index is 0.106. The number of benzene rings is 1. The Labute approximate surface area is 112 Å². The van der Waals surface area contributed by atoms with Crippen LogP contribution in [-0.2, 0) is 4.79 Å². The lowest BCUT2D eigenvalue weighted by Crippen LogP contribution is -2.39. The van der Waals surface area contributed by atoms with Crippen molar-refractivity contribution < 1.29 is 4.79 Å². The summed E-state index contributed by atoms with van der Waals surface area (Å²) in [5.41, 5.74) is 13.4. The molecule has 100 valence electrons. The Bertz CT molecular complexity index is 609. The number of hydrogen-bond donors (Lipinski definition) is 3. The zero-order valence-corrected chi connectivity index (χ0v) is 11.1. The standard InChI is InChI=1S/C14H18N4O/c1-8(2)13(14(16)19)18-11-5-6-17-12-7-9(15)3-4-10(11)12/h3-8,13H,15H2,1-2H3,(H2,16,19)(H,17,18). The number of aromatic nitrogens is 1. The number of anilines is 2. The number of rotatable bonds is 4. The first-order valence-electron chi connectivity index (χ1n) is 6.19. The predicted molar refractivity (Wildman–Crippen MR) is 77.6 cm³/mol. The molecule has 0 bridgehead atoms. The molecule has 5 N–H and O–H groups in total. The lowest BCUT2D eigenvalue weighted by atomic mass is 10.0. The van der Waals surface area contributed by atoms with Crippen LogP contribution in [0.2, 0.25) is 0 Å². The van der Waals surface area contributed by atoms with Crippen molar-refractivity contribution in [3.8, 4) is 0 Å². The van der Waals surface area contributed by atoms with E-state index in [1.165, 1.54) is 0 Å². The molecule has 1 aromatic carbocycles. The van der Waals surface area contributed by atoms with Gasteiger partial charge < -0.3 is 16.8 Å². The first kappa shape index (κ1) is 13.1. The summed E-state index contributed by atoms with van der Waals surface area (Å²) in [4.78, 5) is 15.7. The summed E-state index contributed by atoms with van der Waals surface area (Å²) in [5.74, 6) is -0.259. The highest BCUT2D eigenvalue weighted by Crippen LogP contribution is 2.24. The van der Waals surface area contributed by atoms with E-state index in [1.54, 1.807) is 12.3 Å². The maximum absolute atomic E-state index is 11.5. The highest BCUT2D eigenvalue weighted by Gasteiger charge is 2.19. The summed E-state index contributed by atoms with van der Waals surface area (Å²) in [6.07, 6.45) is 1.68. The van der Waals surface area contributed by atoms with Crippen molar-refractivity contribution in [2.45, 2.75) is 19.9 Å². The zero-order valence-electron chi connectivity index (χ0n) is 11.1. The first-order valence-corrected chi connectivity index (χ1v) is 6.19. The molecule has 19 heavy (non-hydrogen) atoms. The van der Waals surface area contributed by atoms with Crippen LogP contribution in [0.3, 0.4) is 0 Å². The molecule has 1 aromatic heterocycles. The van der Waals surface area contributed by atoms with Crippen molar-refractivity contribution in [1.82, 2.24) is 4.98 Å². The summed E-state index contributed by atoms with van der Waals surface area (Å²) >= 11 is 0. The van der Waals surface area contributed by atoms with Crippen LogP contribution >= 0.6 is 0 Å². The topological polar surface area (TPSA) is 94.0 Å². The third kappa shape index (κ3) is 2.76. The molecule has 0 aliphatic heterocycles. The number of nitrogens with one attached hydrogen (secondary N) is 1. The van der Waals surface area contributed by atoms with Crippen LogP contribution in [0.4, 0.5) is 11.4 Å². The monoisotopic (exact) mass is 258 g/mol. The summed E-state index contributed by atoms with van der Waals surface area (Å²) in [6, 6.07) is 6.91. The largest absolute Gasteiger partial charge is 0.399 e. The van der Waals surface area contributed by atoms with Gasteiger partial charge in [-0.3, -0.25) is 9.78 Å². The van der Waals surface area contributed by atoms with E-state index in [0.29, 0.717) is 5.69 Å². The smallest absolute Gasteiger partial charge is 0.240 e. The molecule has 0 saturated carbocycles. The number of amides is 1. The van der Waals surface area contributed by atoms with E-state index in [4.69, 9.17) is 11.5 Å². The normalized spacial score (nSPS) is 12.6. The number of hydrogen-bond acceptors (Lipinski definition) is 4. The molecule has 0 fully saturated rings. The van der Waals surface area contributed by atoms with Gasteiger partial charge in [-0.05, 0) is 30.2 Å². The van der Waals surface area contributed by atoms with Gasteiger partial charge in [0.25, 0.3) is 0 Å². The SMILES string of the molecule is CC(C)C(Nc1ccnc2cc(N)ccc12)C(N)=O. The van der Waals surface area contributed by atoms with Crippen molar-refractivity contribution in [1.29, 1.82) is 0 Å². The quantitative estimate of drug-likeness (QED) is 0.728. The number of nitrogens with zero attached hydrogens (tertiary/aromatic N) is 1. The fourth-order valence-corrected chi connectivity index (χ4v) is 2.02. The molecular weight excluding hydrogens is 240 g/mol. The molecular formula is C14H18N4O. The number of carbonyl (C=O) groups is 1. The highest BCUT2D eigenvalue weighted by atomic mass is 16.1. The highest BCUT2D eigenvalue weighted by molar-refractivity contribution is 5.94. The summed E-state index contributed by atoms with van der Waals surface area (Å²) in [6.45, 7) is 3.90. The van der Waals surface area contributed by atoms with Crippen molar-refractivity contribution >= 4 is 28.2 Å². The Morgan fingerprint density at radius 3 is 2.68 bits per heavy atom. The number of fused-ring (bicyclic) bond motifs is 1. The summed E-state index contributed by atoms with van der Waals surface area (Å²) < 4.78 is 0. The van der Waals surface area contributed by atoms with Crippen LogP contribution in [0.15, 0.2) is 30.5 Å². The van der Waals surface area contributed by atoms with Gasteiger partial charge in [0.05, 0.1) is 5.52 Å². The van der Waals surface area contributed by atoms with Crippen LogP contribution in [-0.4, -0.2) is 16.9 Å². The molecule has 1 atom stereocenters. The van der Waals surface area contributed by atoms with Crippen molar-refractivity contribution in [2.75, 3.05) is 11.1 Å². The first-order chi connectivity index (χ1) is 8.99. The van der Waals surface area contributed by atoms with Gasteiger partial charge in [-0.1, -0.05) is 13.8 Å². The van der Waals surface area contributed by atoms with Gasteiger partial charge in [-0.2, -0.15) is 0 Å². The van der Waals surface area contributed by atoms with E-state index >= 15 is 0 Å². The van der Waals surface area contributed by atoms with Gasteiger partial charge in [0.2, 0.25) is 5.91 Å². The third-order valence-electron chi connectivity index (χ3n) is 3.05. The van der Waals surface area contributed by atoms with E-state index in [-0.39, 0.29) is 11.8 Å². The van der Waals surface area contributed by atoms with Crippen LogP contribution in [0.5, 0.6) is 0 Å². The molecule has 5 nitrogen and oxygen atoms in total. The van der Waals surface area contributed by atoms with E-state index < -0.39 is 6.04 Å². The minimum Gasteiger partial charge on any atom is -0.399 e. The number of nitrogens with two attached hydrogens (primary N) is 2. The van der Waals surface area contributed by atoms with Crippen molar-refractivity contribution in [3.05, 3.63) is 30.5 Å². The van der Waals surface area contributed by atoms with Gasteiger partial charge in [-0.25, -0.2) is 0 Å². The number of nitrogen functional groups attached to an aromatic ring is 1. The van der Waals surface area contributed by atoms with E-state index in [9.17, 15) is 4.79 Å². The van der Waals surface area contributed by atoms with Crippen LogP contribution in [0, 0.1) is 5.92 Å². The molecule has 1 heterocycles. The van der Waals surface area contributed by atoms with Gasteiger partial charge in [0, 0.05) is 23.0 Å².